The van der Waals surface area contributed by atoms with Gasteiger partial charge in [0.05, 0.1) is 36.4 Å². The number of aromatic nitrogens is 2. The fourth-order valence-corrected chi connectivity index (χ4v) is 18.5. The predicted octanol–water partition coefficient (Wildman–Crippen LogP) is 18.1. The quantitative estimate of drug-likeness (QED) is 0.0201. The summed E-state index contributed by atoms with van der Waals surface area (Å²) in [6.07, 6.45) is 0.137. The third-order valence-electron chi connectivity index (χ3n) is 20.7. The van der Waals surface area contributed by atoms with Gasteiger partial charge in [0.15, 0.2) is 0 Å². The maximum atomic E-state index is 15.0. The second-order valence-corrected chi connectivity index (χ2v) is 32.6. The number of aliphatic hydroxyl groups excluding tert-OH is 1. The molecule has 10 rings (SSSR count). The second kappa shape index (κ2) is 41.6. The largest absolute Gasteiger partial charge is 0.481 e. The first-order chi connectivity index (χ1) is 52.9. The van der Waals surface area contributed by atoms with Crippen LogP contribution in [0, 0.1) is 27.0 Å². The summed E-state index contributed by atoms with van der Waals surface area (Å²) in [6.45, 7) is 30.9. The Balaban J connectivity index is 0.000000303. The van der Waals surface area contributed by atoms with Crippen molar-refractivity contribution < 1.29 is 88.4 Å². The zero-order valence-electron chi connectivity index (χ0n) is 63.8. The number of unbranched alkanes of at least 4 members (excludes halogenated alkanes) is 1. The number of hydrogen-bond acceptors (Lipinski definition) is 16. The van der Waals surface area contributed by atoms with Crippen LogP contribution in [0.1, 0.15) is 216 Å². The third-order valence-corrected chi connectivity index (χ3v) is 24.5. The van der Waals surface area contributed by atoms with Crippen LogP contribution in [-0.2, 0) is 69.1 Å². The minimum Gasteiger partial charge on any atom is -0.481 e. The number of ketones is 1. The first-order valence-electron chi connectivity index (χ1n) is 37.8. The number of benzene rings is 2. The first kappa shape index (κ1) is 93.3. The number of aryl methyl sites for hydroxylation is 4. The number of piperidine rings is 4. The van der Waals surface area contributed by atoms with E-state index in [2.05, 4.69) is 19.7 Å². The predicted molar refractivity (Wildman–Crippen MR) is 423 cm³/mol. The van der Waals surface area contributed by atoms with Crippen molar-refractivity contribution in [1.29, 1.82) is 0 Å². The Hall–Kier alpha value is -8.57. The van der Waals surface area contributed by atoms with Gasteiger partial charge in [0.1, 0.15) is 34.8 Å². The molecule has 4 aromatic heterocycles. The van der Waals surface area contributed by atoms with E-state index in [0.717, 1.165) is 62.5 Å². The number of alkyl halides is 6. The van der Waals surface area contributed by atoms with Gasteiger partial charge in [-0.05, 0) is 140 Å². The molecular weight excluding hydrogens is 1530 g/mol. The number of nitrogens with zero attached hydrogens (tertiary/aromatic N) is 8. The molecule has 616 valence electrons. The van der Waals surface area contributed by atoms with E-state index in [9.17, 15) is 64.8 Å². The molecule has 6 aromatic rings. The van der Waals surface area contributed by atoms with Crippen molar-refractivity contribution in [2.45, 2.75) is 226 Å². The fraction of sp³-hybridized carbons (Fsp3) is 0.542. The van der Waals surface area contributed by atoms with Crippen molar-refractivity contribution >= 4 is 65.7 Å². The lowest BCUT2D eigenvalue weighted by atomic mass is 9.76. The number of Topliss-reactive ketones (excluding diaryl/α,β-unsaturated/α-hetero) is 1. The molecule has 0 saturated carbocycles. The summed E-state index contributed by atoms with van der Waals surface area (Å²) in [5, 5.41) is 22.1. The average Bonchev–Trinajstić information content (AvgIpc) is 1.32. The van der Waals surface area contributed by atoms with Gasteiger partial charge in [0.2, 0.25) is 11.2 Å². The molecule has 0 bridgehead atoms. The van der Waals surface area contributed by atoms with Crippen LogP contribution in [0.5, 0.6) is 11.5 Å². The van der Waals surface area contributed by atoms with E-state index >= 15 is 0 Å². The Morgan fingerprint density at radius 2 is 0.991 bits per heavy atom. The number of rotatable bonds is 28. The molecule has 4 saturated heterocycles. The van der Waals surface area contributed by atoms with Crippen molar-refractivity contribution in [2.24, 2.45) is 0 Å². The molecule has 0 radical (unpaired) electrons. The minimum atomic E-state index is -4.80. The molecular formula is C83H107F6N8O13PS2. The van der Waals surface area contributed by atoms with Crippen LogP contribution in [0.4, 0.5) is 26.3 Å². The Morgan fingerprint density at radius 3 is 1.33 bits per heavy atom. The molecule has 2 N–H and O–H groups in total. The van der Waals surface area contributed by atoms with Crippen LogP contribution in [0.2, 0.25) is 0 Å². The van der Waals surface area contributed by atoms with Gasteiger partial charge in [-0.3, -0.25) is 43.3 Å². The molecule has 4 aliphatic heterocycles. The smallest absolute Gasteiger partial charge is 0.418 e. The van der Waals surface area contributed by atoms with Gasteiger partial charge in [-0.1, -0.05) is 90.1 Å². The highest BCUT2D eigenvalue weighted by atomic mass is 32.1. The van der Waals surface area contributed by atoms with Gasteiger partial charge in [0, 0.05) is 135 Å². The number of carbonyl (C=O) groups is 6. The van der Waals surface area contributed by atoms with Crippen LogP contribution in [-0.4, -0.2) is 164 Å². The number of thiophene rings is 2. The molecule has 4 aliphatic rings. The number of likely N-dealkylation sites (tertiary alicyclic amines) is 4. The Morgan fingerprint density at radius 1 is 0.593 bits per heavy atom. The van der Waals surface area contributed by atoms with Gasteiger partial charge in [-0.15, -0.1) is 22.7 Å². The average molecular weight is 1630 g/mol. The molecule has 0 aliphatic carbocycles. The minimum absolute atomic E-state index is 0. The Labute approximate surface area is 667 Å². The lowest BCUT2D eigenvalue weighted by Crippen LogP contribution is -2.68. The number of aliphatic hydroxyl groups is 1. The third kappa shape index (κ3) is 22.5. The van der Waals surface area contributed by atoms with E-state index < -0.39 is 94.6 Å². The van der Waals surface area contributed by atoms with Crippen LogP contribution >= 0.6 is 30.3 Å². The topological polar surface area (TPSA) is 244 Å². The van der Waals surface area contributed by atoms with Crippen LogP contribution in [0.15, 0.2) is 108 Å². The normalized spacial score (nSPS) is 19.4. The maximum absolute atomic E-state index is 15.0. The molecule has 8 heterocycles. The second-order valence-electron chi connectivity index (χ2n) is 28.3. The lowest BCUT2D eigenvalue weighted by molar-refractivity contribution is -0.161. The van der Waals surface area contributed by atoms with Crippen LogP contribution < -0.4 is 9.47 Å². The summed E-state index contributed by atoms with van der Waals surface area (Å²) in [4.78, 5) is 104. The number of carbonyl (C=O) groups excluding carboxylic acids is 5. The standard InChI is InChI=1S/C38H43F3N4O5S.C36H41F3N4O4S.C7H15O4P.2CH4/c1-4-11-31-37(50-28-24-26(2)51-25-28,17-10-21-45(31)34(48)33-30(38(39,40)41)15-9-20-43-33)35(49)44-22-18-36(42-3,19-23-44)29-14-7-5-12-27(29)13-6-8-16-32(46)47;1-4-10-30-35(47-27-23-25(2)48-24-27,15-9-19-43(30)32(45)31-29(36(37,38)39)14-7-18-41-31)33(46)42-20-16-34(40-3,17-21-42)28-13-6-5-11-26(28)12-8-22-44;1-4-10-12(9,11-5-2)6-7(3)8;;/h5,7,9,12,14-15,20,24-25,31H,4,6,8,10-11,13,16-19,21-23H2,1-2H3,(H,46,47);5-7,11,13-14,18,23-24,30,44H,4,8-10,12,15-17,19-22H2,1-2H3;4-6H2,1-3H3;2*1H4/t31-,37+;30-,35+;;;/m11.../s1. The van der Waals surface area contributed by atoms with Gasteiger partial charge in [-0.2, -0.15) is 26.3 Å². The van der Waals surface area contributed by atoms with Gasteiger partial charge >= 0.3 is 25.9 Å². The molecule has 4 amide bonds. The van der Waals surface area contributed by atoms with E-state index in [1.165, 1.54) is 45.6 Å². The summed E-state index contributed by atoms with van der Waals surface area (Å²) in [5.74, 6) is -2.54. The Bertz CT molecular complexity index is 4310. The molecule has 113 heavy (non-hydrogen) atoms. The monoisotopic (exact) mass is 1630 g/mol. The van der Waals surface area contributed by atoms with E-state index in [1.54, 1.807) is 34.4 Å². The van der Waals surface area contributed by atoms with E-state index in [0.29, 0.717) is 121 Å². The SMILES string of the molecule is C.C.CCOP(=O)(CC(C)=O)OCC.[C-]#[N+]C1(c2ccccc2CCCCC(=O)O)CCN(C(=O)[C@]2(Oc3csc(C)c3)CCCN(C(=O)c3ncccc3C(F)(F)F)[C@@H]2CCC)CC1.[C-]#[N+]C1(c2ccccc2CCCO)CCN(C(=O)[C@]2(Oc3csc(C)c3)CCCN(C(=O)c3ncccc3C(F)(F)F)[C@@H]2CCC)CC1. The van der Waals surface area contributed by atoms with Gasteiger partial charge < -0.3 is 58.0 Å². The van der Waals surface area contributed by atoms with Crippen LogP contribution in [0.25, 0.3) is 9.69 Å². The highest BCUT2D eigenvalue weighted by molar-refractivity contribution is 7.54. The number of carboxylic acids is 1. The summed E-state index contributed by atoms with van der Waals surface area (Å²) in [5.41, 5.74) is -4.71. The number of ether oxygens (including phenoxy) is 2. The highest BCUT2D eigenvalue weighted by Crippen LogP contribution is 2.49. The number of hydrogen-bond donors (Lipinski definition) is 2. The number of aliphatic carboxylic acids is 1. The number of amides is 4. The molecule has 4 fully saturated rings. The summed E-state index contributed by atoms with van der Waals surface area (Å²) in [6, 6.07) is 21.4. The van der Waals surface area contributed by atoms with E-state index in [1.807, 2.05) is 88.4 Å². The number of pyridine rings is 2. The lowest BCUT2D eigenvalue weighted by Gasteiger charge is -2.50. The molecule has 21 nitrogen and oxygen atoms in total. The molecule has 30 heteroatoms. The van der Waals surface area contributed by atoms with Crippen LogP contribution in [0.3, 0.4) is 0 Å². The van der Waals surface area contributed by atoms with Crippen molar-refractivity contribution in [3.63, 3.8) is 0 Å². The van der Waals surface area contributed by atoms with Crippen molar-refractivity contribution in [2.75, 3.05) is 65.3 Å². The van der Waals surface area contributed by atoms with E-state index in [4.69, 9.17) is 36.8 Å². The molecule has 0 spiro atoms. The number of halogens is 6. The van der Waals surface area contributed by atoms with E-state index in [-0.39, 0.29) is 104 Å². The molecule has 4 atom stereocenters. The van der Waals surface area contributed by atoms with Crippen molar-refractivity contribution in [3.05, 3.63) is 185 Å². The zero-order chi connectivity index (χ0) is 81.0. The first-order valence-corrected chi connectivity index (χ1v) is 41.2. The van der Waals surface area contributed by atoms with Gasteiger partial charge in [0.25, 0.3) is 34.7 Å². The molecule has 2 aromatic carbocycles. The highest BCUT2D eigenvalue weighted by Gasteiger charge is 2.60. The zero-order valence-corrected chi connectivity index (χ0v) is 66.4. The summed E-state index contributed by atoms with van der Waals surface area (Å²) in [7, 11) is -3.12. The maximum Gasteiger partial charge on any atom is 0.418 e. The Kier molecular flexibility index (Phi) is 34.4. The van der Waals surface area contributed by atoms with Crippen molar-refractivity contribution in [3.8, 4) is 11.5 Å². The summed E-state index contributed by atoms with van der Waals surface area (Å²) >= 11 is 2.90. The van der Waals surface area contributed by atoms with Crippen molar-refractivity contribution in [1.82, 2.24) is 29.6 Å². The summed E-state index contributed by atoms with van der Waals surface area (Å²) < 4.78 is 119. The van der Waals surface area contributed by atoms with Gasteiger partial charge in [-0.25, -0.2) is 13.1 Å². The fourth-order valence-electron chi connectivity index (χ4n) is 15.7. The molecule has 0 unspecified atom stereocenters. The number of carboxylic acid groups (broad SMARTS) is 1.